The molecular formula is C13H21N3O2. The summed E-state index contributed by atoms with van der Waals surface area (Å²) in [5, 5.41) is 8.72. The van der Waals surface area contributed by atoms with Crippen LogP contribution < -0.4 is 16.4 Å². The fraction of sp³-hybridized carbons (Fsp3) is 0.538. The van der Waals surface area contributed by atoms with E-state index < -0.39 is 0 Å². The van der Waals surface area contributed by atoms with Gasteiger partial charge in [0.05, 0.1) is 30.7 Å². The Morgan fingerprint density at radius 1 is 1.22 bits per heavy atom. The number of hydrogen-bond acceptors (Lipinski definition) is 5. The average molecular weight is 251 g/mol. The van der Waals surface area contributed by atoms with Crippen molar-refractivity contribution in [1.29, 1.82) is 0 Å². The van der Waals surface area contributed by atoms with Gasteiger partial charge in [0.15, 0.2) is 0 Å². The summed E-state index contributed by atoms with van der Waals surface area (Å²) in [5.41, 5.74) is 13.9. The van der Waals surface area contributed by atoms with Crippen LogP contribution in [0.4, 0.5) is 17.1 Å². The van der Waals surface area contributed by atoms with Crippen LogP contribution in [0.25, 0.3) is 0 Å². The highest BCUT2D eigenvalue weighted by Crippen LogP contribution is 2.26. The number of aliphatic hydroxyl groups is 1. The minimum Gasteiger partial charge on any atom is -0.397 e. The summed E-state index contributed by atoms with van der Waals surface area (Å²) in [7, 11) is 0. The molecule has 18 heavy (non-hydrogen) atoms. The van der Waals surface area contributed by atoms with Crippen LogP contribution in [0.1, 0.15) is 12.8 Å². The summed E-state index contributed by atoms with van der Waals surface area (Å²) in [6.07, 6.45) is 2.22. The maximum absolute atomic E-state index is 8.72. The van der Waals surface area contributed by atoms with Crippen molar-refractivity contribution < 1.29 is 9.84 Å². The molecule has 0 amide bonds. The zero-order valence-electron chi connectivity index (χ0n) is 10.5. The highest BCUT2D eigenvalue weighted by molar-refractivity contribution is 5.69. The minimum atomic E-state index is 0.0920. The molecule has 100 valence electrons. The smallest absolute Gasteiger partial charge is 0.0701 e. The molecule has 0 aromatic heterocycles. The van der Waals surface area contributed by atoms with E-state index in [-0.39, 0.29) is 12.7 Å². The molecule has 1 heterocycles. The molecule has 1 fully saturated rings. The summed E-state index contributed by atoms with van der Waals surface area (Å²) in [4.78, 5) is 2.29. The van der Waals surface area contributed by atoms with Crippen molar-refractivity contribution in [1.82, 2.24) is 0 Å². The number of aliphatic hydroxyl groups excluding tert-OH is 1. The van der Waals surface area contributed by atoms with E-state index in [0.29, 0.717) is 18.0 Å². The first-order chi connectivity index (χ1) is 8.70. The Morgan fingerprint density at radius 3 is 2.56 bits per heavy atom. The van der Waals surface area contributed by atoms with Gasteiger partial charge in [0.25, 0.3) is 0 Å². The Bertz CT molecular complexity index is 390. The molecule has 5 nitrogen and oxygen atoms in total. The van der Waals surface area contributed by atoms with E-state index in [1.807, 2.05) is 18.2 Å². The Hall–Kier alpha value is -1.46. The van der Waals surface area contributed by atoms with Gasteiger partial charge in [0.1, 0.15) is 0 Å². The summed E-state index contributed by atoms with van der Waals surface area (Å²) >= 11 is 0. The highest BCUT2D eigenvalue weighted by Gasteiger charge is 2.19. The number of hydrogen-bond donors (Lipinski definition) is 3. The maximum Gasteiger partial charge on any atom is 0.0701 e. The van der Waals surface area contributed by atoms with Crippen molar-refractivity contribution in [2.24, 2.45) is 0 Å². The van der Waals surface area contributed by atoms with Gasteiger partial charge in [-0.2, -0.15) is 0 Å². The van der Waals surface area contributed by atoms with Crippen LogP contribution in [0.5, 0.6) is 0 Å². The summed E-state index contributed by atoms with van der Waals surface area (Å²) in [5.74, 6) is 0. The minimum absolute atomic E-state index is 0.0920. The zero-order valence-corrected chi connectivity index (χ0v) is 10.5. The monoisotopic (exact) mass is 251 g/mol. The summed E-state index contributed by atoms with van der Waals surface area (Å²) in [6, 6.07) is 5.77. The van der Waals surface area contributed by atoms with Crippen molar-refractivity contribution in [3.8, 4) is 0 Å². The van der Waals surface area contributed by atoms with Crippen molar-refractivity contribution in [3.05, 3.63) is 18.2 Å². The average Bonchev–Trinajstić information content (AvgIpc) is 2.40. The molecule has 1 aromatic carbocycles. The van der Waals surface area contributed by atoms with Gasteiger partial charge in [0, 0.05) is 18.8 Å². The standard InChI is InChI=1S/C13H21N3O2/c14-12-2-1-10(9-13(12)15)16-5-3-11(4-6-16)18-8-7-17/h1-2,9,11,17H,3-8,14-15H2. The van der Waals surface area contributed by atoms with Crippen LogP contribution in [-0.4, -0.2) is 37.5 Å². The molecule has 1 aliphatic rings. The van der Waals surface area contributed by atoms with Crippen molar-refractivity contribution >= 4 is 17.1 Å². The van der Waals surface area contributed by atoms with Crippen molar-refractivity contribution in [2.45, 2.75) is 18.9 Å². The number of anilines is 3. The van der Waals surface area contributed by atoms with Crippen molar-refractivity contribution in [2.75, 3.05) is 42.7 Å². The molecule has 0 saturated carbocycles. The van der Waals surface area contributed by atoms with Gasteiger partial charge >= 0.3 is 0 Å². The van der Waals surface area contributed by atoms with E-state index in [1.54, 1.807) is 0 Å². The first kappa shape index (κ1) is 13.0. The van der Waals surface area contributed by atoms with Crippen LogP contribution in [-0.2, 0) is 4.74 Å². The molecule has 0 unspecified atom stereocenters. The molecule has 0 bridgehead atoms. The topological polar surface area (TPSA) is 84.7 Å². The second-order valence-electron chi connectivity index (χ2n) is 4.59. The molecule has 5 N–H and O–H groups in total. The number of rotatable bonds is 4. The molecule has 1 saturated heterocycles. The van der Waals surface area contributed by atoms with E-state index in [1.165, 1.54) is 0 Å². The molecule has 0 radical (unpaired) electrons. The molecule has 2 rings (SSSR count). The predicted molar refractivity (Wildman–Crippen MR) is 73.5 cm³/mol. The van der Waals surface area contributed by atoms with Crippen LogP contribution >= 0.6 is 0 Å². The lowest BCUT2D eigenvalue weighted by Gasteiger charge is -2.33. The van der Waals surface area contributed by atoms with E-state index in [9.17, 15) is 0 Å². The van der Waals surface area contributed by atoms with E-state index in [4.69, 9.17) is 21.3 Å². The third kappa shape index (κ3) is 3.05. The van der Waals surface area contributed by atoms with Gasteiger partial charge in [0.2, 0.25) is 0 Å². The van der Waals surface area contributed by atoms with Crippen LogP contribution in [0.2, 0.25) is 0 Å². The van der Waals surface area contributed by atoms with Crippen molar-refractivity contribution in [3.63, 3.8) is 0 Å². The number of nitrogens with zero attached hydrogens (tertiary/aromatic N) is 1. The normalized spacial score (nSPS) is 17.1. The molecule has 1 aromatic rings. The Morgan fingerprint density at radius 2 is 1.94 bits per heavy atom. The Balaban J connectivity index is 1.90. The second-order valence-corrected chi connectivity index (χ2v) is 4.59. The molecular weight excluding hydrogens is 230 g/mol. The van der Waals surface area contributed by atoms with Gasteiger partial charge in [-0.15, -0.1) is 0 Å². The van der Waals surface area contributed by atoms with E-state index >= 15 is 0 Å². The SMILES string of the molecule is Nc1ccc(N2CCC(OCCO)CC2)cc1N. The molecule has 0 spiro atoms. The first-order valence-corrected chi connectivity index (χ1v) is 6.33. The summed E-state index contributed by atoms with van der Waals surface area (Å²) < 4.78 is 5.54. The Kier molecular flexibility index (Phi) is 4.28. The highest BCUT2D eigenvalue weighted by atomic mass is 16.5. The van der Waals surface area contributed by atoms with Gasteiger partial charge in [-0.3, -0.25) is 0 Å². The largest absolute Gasteiger partial charge is 0.397 e. The molecule has 5 heteroatoms. The van der Waals surface area contributed by atoms with E-state index in [2.05, 4.69) is 4.90 Å². The van der Waals surface area contributed by atoms with Crippen LogP contribution in [0.3, 0.4) is 0 Å². The van der Waals surface area contributed by atoms with Gasteiger partial charge < -0.3 is 26.2 Å². The van der Waals surface area contributed by atoms with Crippen LogP contribution in [0, 0.1) is 0 Å². The fourth-order valence-electron chi connectivity index (χ4n) is 2.26. The molecule has 0 atom stereocenters. The maximum atomic E-state index is 8.72. The Labute approximate surface area is 107 Å². The van der Waals surface area contributed by atoms with Gasteiger partial charge in [-0.1, -0.05) is 0 Å². The van der Waals surface area contributed by atoms with Gasteiger partial charge in [-0.25, -0.2) is 0 Å². The number of nitrogen functional groups attached to an aromatic ring is 2. The van der Waals surface area contributed by atoms with Gasteiger partial charge in [-0.05, 0) is 31.0 Å². The molecule has 1 aliphatic heterocycles. The number of nitrogens with two attached hydrogens (primary N) is 2. The lowest BCUT2D eigenvalue weighted by molar-refractivity contribution is 0.0159. The zero-order chi connectivity index (χ0) is 13.0. The first-order valence-electron chi connectivity index (χ1n) is 6.33. The summed E-state index contributed by atoms with van der Waals surface area (Å²) in [6.45, 7) is 2.41. The number of benzene rings is 1. The lowest BCUT2D eigenvalue weighted by atomic mass is 10.1. The lowest BCUT2D eigenvalue weighted by Crippen LogP contribution is -2.37. The van der Waals surface area contributed by atoms with Crippen LogP contribution in [0.15, 0.2) is 18.2 Å². The second kappa shape index (κ2) is 5.93. The third-order valence-electron chi connectivity index (χ3n) is 3.32. The van der Waals surface area contributed by atoms with E-state index in [0.717, 1.165) is 31.6 Å². The number of piperidine rings is 1. The third-order valence-corrected chi connectivity index (χ3v) is 3.32. The molecule has 0 aliphatic carbocycles. The number of ether oxygens (including phenoxy) is 1. The quantitative estimate of drug-likeness (QED) is 0.690. The predicted octanol–water partition coefficient (Wildman–Crippen LogP) is 0.829. The fourth-order valence-corrected chi connectivity index (χ4v) is 2.26.